The van der Waals surface area contributed by atoms with Crippen LogP contribution >= 0.6 is 0 Å². The Morgan fingerprint density at radius 1 is 1.27 bits per heavy atom. The third-order valence-corrected chi connectivity index (χ3v) is 2.77. The van der Waals surface area contributed by atoms with Crippen LogP contribution in [0.3, 0.4) is 0 Å². The zero-order valence-electron chi connectivity index (χ0n) is 11.9. The number of ether oxygens (including phenoxy) is 2. The highest BCUT2D eigenvalue weighted by atomic mass is 16.6. The van der Waals surface area contributed by atoms with Crippen molar-refractivity contribution >= 4 is 11.7 Å². The fourth-order valence-electron chi connectivity index (χ4n) is 1.80. The number of hydrogen-bond donors (Lipinski definition) is 0. The molecule has 0 spiro atoms. The van der Waals surface area contributed by atoms with Gasteiger partial charge in [0.05, 0.1) is 11.5 Å². The molecule has 0 amide bonds. The van der Waals surface area contributed by atoms with E-state index in [-0.39, 0.29) is 18.2 Å². The third kappa shape index (κ3) is 3.78. The minimum Gasteiger partial charge on any atom is -0.463 e. The van der Waals surface area contributed by atoms with Crippen LogP contribution in [0.15, 0.2) is 42.6 Å². The number of nitrogens with zero attached hydrogens (tertiary/aromatic N) is 2. The third-order valence-electron chi connectivity index (χ3n) is 2.77. The summed E-state index contributed by atoms with van der Waals surface area (Å²) >= 11 is 0. The van der Waals surface area contributed by atoms with E-state index in [9.17, 15) is 14.9 Å². The molecule has 0 aliphatic heterocycles. The van der Waals surface area contributed by atoms with E-state index in [4.69, 9.17) is 9.47 Å². The van der Waals surface area contributed by atoms with E-state index in [1.54, 1.807) is 6.92 Å². The second kappa shape index (κ2) is 7.16. The Bertz CT molecular complexity index is 673. The lowest BCUT2D eigenvalue weighted by Crippen LogP contribution is -2.15. The Morgan fingerprint density at radius 3 is 2.64 bits per heavy atom. The van der Waals surface area contributed by atoms with Gasteiger partial charge >= 0.3 is 11.7 Å². The molecule has 2 rings (SSSR count). The predicted octanol–water partition coefficient (Wildman–Crippen LogP) is 2.60. The fourth-order valence-corrected chi connectivity index (χ4v) is 1.80. The molecule has 1 aromatic heterocycles. The standard InChI is InChI=1S/C15H14N2O5/c1-2-21-14(18)10-22-15-13(17(19)20)8-12(9-16-15)11-6-4-3-5-7-11/h3-9H,2,10H2,1H3. The molecular weight excluding hydrogens is 288 g/mol. The molecule has 0 bridgehead atoms. The van der Waals surface area contributed by atoms with E-state index in [0.29, 0.717) is 5.56 Å². The van der Waals surface area contributed by atoms with Gasteiger partial charge in [-0.2, -0.15) is 0 Å². The quantitative estimate of drug-likeness (QED) is 0.462. The normalized spacial score (nSPS) is 10.0. The number of rotatable bonds is 6. The van der Waals surface area contributed by atoms with Gasteiger partial charge in [0.25, 0.3) is 5.88 Å². The molecule has 1 heterocycles. The van der Waals surface area contributed by atoms with E-state index >= 15 is 0 Å². The Kier molecular flexibility index (Phi) is 5.02. The largest absolute Gasteiger partial charge is 0.463 e. The molecule has 0 unspecified atom stereocenters. The Morgan fingerprint density at radius 2 is 2.00 bits per heavy atom. The number of esters is 1. The number of benzene rings is 1. The topological polar surface area (TPSA) is 91.6 Å². The minimum absolute atomic E-state index is 0.210. The first-order valence-electron chi connectivity index (χ1n) is 6.60. The lowest BCUT2D eigenvalue weighted by Gasteiger charge is -2.07. The van der Waals surface area contributed by atoms with Crippen molar-refractivity contribution in [2.24, 2.45) is 0 Å². The SMILES string of the molecule is CCOC(=O)COc1ncc(-c2ccccc2)cc1[N+](=O)[O-]. The predicted molar refractivity (Wildman–Crippen MR) is 78.5 cm³/mol. The maximum absolute atomic E-state index is 11.2. The van der Waals surface area contributed by atoms with Crippen LogP contribution in [0.2, 0.25) is 0 Å². The highest BCUT2D eigenvalue weighted by molar-refractivity contribution is 5.71. The molecule has 0 saturated heterocycles. The van der Waals surface area contributed by atoms with Crippen LogP contribution in [0.1, 0.15) is 6.92 Å². The number of carbonyl (C=O) groups excluding carboxylic acids is 1. The molecule has 0 saturated carbocycles. The number of carbonyl (C=O) groups is 1. The van der Waals surface area contributed by atoms with Gasteiger partial charge in [0, 0.05) is 17.8 Å². The Labute approximate surface area is 126 Å². The second-order valence-electron chi connectivity index (χ2n) is 4.27. The summed E-state index contributed by atoms with van der Waals surface area (Å²) in [5.41, 5.74) is 1.09. The Hall–Kier alpha value is -2.96. The summed E-state index contributed by atoms with van der Waals surface area (Å²) in [4.78, 5) is 25.7. The van der Waals surface area contributed by atoms with E-state index in [1.165, 1.54) is 12.3 Å². The van der Waals surface area contributed by atoms with Gasteiger partial charge in [-0.3, -0.25) is 10.1 Å². The number of pyridine rings is 1. The van der Waals surface area contributed by atoms with Crippen molar-refractivity contribution in [2.45, 2.75) is 6.92 Å². The van der Waals surface area contributed by atoms with Crippen molar-refractivity contribution < 1.29 is 19.2 Å². The van der Waals surface area contributed by atoms with Crippen molar-refractivity contribution in [3.05, 3.63) is 52.7 Å². The first kappa shape index (κ1) is 15.4. The number of aromatic nitrogens is 1. The molecule has 0 atom stereocenters. The minimum atomic E-state index is -0.606. The van der Waals surface area contributed by atoms with Crippen molar-refractivity contribution in [3.63, 3.8) is 0 Å². The lowest BCUT2D eigenvalue weighted by molar-refractivity contribution is -0.386. The highest BCUT2D eigenvalue weighted by Crippen LogP contribution is 2.29. The summed E-state index contributed by atoms with van der Waals surface area (Å²) < 4.78 is 9.77. The van der Waals surface area contributed by atoms with E-state index in [2.05, 4.69) is 4.98 Å². The molecule has 1 aromatic carbocycles. The summed E-state index contributed by atoms with van der Waals surface area (Å²) in [6, 6.07) is 10.5. The van der Waals surface area contributed by atoms with Gasteiger partial charge in [0.1, 0.15) is 0 Å². The average Bonchev–Trinajstić information content (AvgIpc) is 2.54. The molecule has 0 aliphatic carbocycles. The monoisotopic (exact) mass is 302 g/mol. The average molecular weight is 302 g/mol. The van der Waals surface area contributed by atoms with Crippen LogP contribution in [0, 0.1) is 10.1 Å². The molecule has 7 nitrogen and oxygen atoms in total. The van der Waals surface area contributed by atoms with E-state index < -0.39 is 17.5 Å². The summed E-state index contributed by atoms with van der Waals surface area (Å²) in [7, 11) is 0. The van der Waals surface area contributed by atoms with Gasteiger partial charge in [0.15, 0.2) is 6.61 Å². The van der Waals surface area contributed by atoms with Crippen molar-refractivity contribution in [1.29, 1.82) is 0 Å². The fraction of sp³-hybridized carbons (Fsp3) is 0.200. The van der Waals surface area contributed by atoms with Crippen LogP contribution in [0.5, 0.6) is 5.88 Å². The van der Waals surface area contributed by atoms with Gasteiger partial charge in [-0.1, -0.05) is 30.3 Å². The molecule has 0 fully saturated rings. The van der Waals surface area contributed by atoms with Crippen molar-refractivity contribution in [3.8, 4) is 17.0 Å². The van der Waals surface area contributed by atoms with Crippen LogP contribution < -0.4 is 4.74 Å². The van der Waals surface area contributed by atoms with Gasteiger partial charge in [-0.25, -0.2) is 9.78 Å². The molecule has 0 aliphatic rings. The summed E-state index contributed by atoms with van der Waals surface area (Å²) in [6.07, 6.45) is 1.46. The first-order chi connectivity index (χ1) is 10.6. The zero-order chi connectivity index (χ0) is 15.9. The van der Waals surface area contributed by atoms with Crippen molar-refractivity contribution in [2.75, 3.05) is 13.2 Å². The Balaban J connectivity index is 2.24. The van der Waals surface area contributed by atoms with E-state index in [1.807, 2.05) is 30.3 Å². The van der Waals surface area contributed by atoms with Crippen molar-refractivity contribution in [1.82, 2.24) is 4.98 Å². The molecule has 0 N–H and O–H groups in total. The van der Waals surface area contributed by atoms with Crippen LogP contribution in [0.4, 0.5) is 5.69 Å². The molecule has 2 aromatic rings. The summed E-state index contributed by atoms with van der Waals surface area (Å²) in [5, 5.41) is 11.1. The van der Waals surface area contributed by atoms with Crippen LogP contribution in [-0.4, -0.2) is 29.1 Å². The lowest BCUT2D eigenvalue weighted by atomic mass is 10.1. The molecular formula is C15H14N2O5. The molecule has 114 valence electrons. The molecule has 22 heavy (non-hydrogen) atoms. The van der Waals surface area contributed by atoms with Gasteiger partial charge in [-0.05, 0) is 12.5 Å². The summed E-state index contributed by atoms with van der Waals surface area (Å²) in [6.45, 7) is 1.45. The number of hydrogen-bond acceptors (Lipinski definition) is 6. The highest BCUT2D eigenvalue weighted by Gasteiger charge is 2.19. The van der Waals surface area contributed by atoms with Gasteiger partial charge in [-0.15, -0.1) is 0 Å². The first-order valence-corrected chi connectivity index (χ1v) is 6.60. The van der Waals surface area contributed by atoms with Gasteiger partial charge in [0.2, 0.25) is 0 Å². The maximum atomic E-state index is 11.2. The molecule has 7 heteroatoms. The smallest absolute Gasteiger partial charge is 0.344 e. The molecule has 0 radical (unpaired) electrons. The van der Waals surface area contributed by atoms with E-state index in [0.717, 1.165) is 5.56 Å². The summed E-state index contributed by atoms with van der Waals surface area (Å²) in [5.74, 6) is -0.816. The van der Waals surface area contributed by atoms with Crippen LogP contribution in [0.25, 0.3) is 11.1 Å². The van der Waals surface area contributed by atoms with Crippen LogP contribution in [-0.2, 0) is 9.53 Å². The zero-order valence-corrected chi connectivity index (χ0v) is 11.9. The maximum Gasteiger partial charge on any atom is 0.344 e. The second-order valence-corrected chi connectivity index (χ2v) is 4.27. The van der Waals surface area contributed by atoms with Gasteiger partial charge < -0.3 is 9.47 Å². The number of nitro groups is 1.